The Kier molecular flexibility index (Phi) is 4.83. The van der Waals surface area contributed by atoms with Crippen molar-refractivity contribution >= 4 is 17.6 Å². The number of furan rings is 1. The molecule has 1 heterocycles. The van der Waals surface area contributed by atoms with Crippen LogP contribution in [0.3, 0.4) is 0 Å². The van der Waals surface area contributed by atoms with Crippen LogP contribution in [0.2, 0.25) is 0 Å². The zero-order chi connectivity index (χ0) is 16.1. The van der Waals surface area contributed by atoms with Crippen LogP contribution in [-0.4, -0.2) is 24.1 Å². The third-order valence-corrected chi connectivity index (χ3v) is 3.17. The van der Waals surface area contributed by atoms with Crippen molar-refractivity contribution in [2.24, 2.45) is 0 Å². The second kappa shape index (κ2) is 6.80. The van der Waals surface area contributed by atoms with Crippen molar-refractivity contribution in [2.45, 2.75) is 19.8 Å². The maximum atomic E-state index is 12.3. The number of hydrogen-bond acceptors (Lipinski definition) is 4. The Morgan fingerprint density at radius 3 is 2.68 bits per heavy atom. The van der Waals surface area contributed by atoms with Gasteiger partial charge in [0.25, 0.3) is 5.91 Å². The largest absolute Gasteiger partial charge is 0.497 e. The number of rotatable bonds is 6. The molecule has 2 N–H and O–H groups in total. The van der Waals surface area contributed by atoms with Gasteiger partial charge >= 0.3 is 5.97 Å². The average Bonchev–Trinajstić information content (AvgIpc) is 2.96. The predicted octanol–water partition coefficient (Wildman–Crippen LogP) is 3.19. The Labute approximate surface area is 127 Å². The number of ether oxygens (including phenoxy) is 1. The van der Waals surface area contributed by atoms with Crippen LogP contribution >= 0.6 is 0 Å². The molecule has 0 fully saturated rings. The van der Waals surface area contributed by atoms with Crippen LogP contribution in [0.1, 0.15) is 39.8 Å². The minimum absolute atomic E-state index is 0.0340. The number of aromatic carboxylic acids is 1. The first-order valence-electron chi connectivity index (χ1n) is 6.85. The van der Waals surface area contributed by atoms with E-state index >= 15 is 0 Å². The number of nitrogens with one attached hydrogen (secondary N) is 1. The molecule has 0 unspecified atom stereocenters. The van der Waals surface area contributed by atoms with E-state index in [9.17, 15) is 14.7 Å². The van der Waals surface area contributed by atoms with E-state index in [0.29, 0.717) is 23.5 Å². The fourth-order valence-corrected chi connectivity index (χ4v) is 2.09. The van der Waals surface area contributed by atoms with E-state index in [-0.39, 0.29) is 11.3 Å². The van der Waals surface area contributed by atoms with Crippen molar-refractivity contribution in [3.63, 3.8) is 0 Å². The lowest BCUT2D eigenvalue weighted by atomic mass is 10.1. The van der Waals surface area contributed by atoms with Gasteiger partial charge in [-0.05, 0) is 30.7 Å². The summed E-state index contributed by atoms with van der Waals surface area (Å²) in [5.41, 5.74) is 0.587. The van der Waals surface area contributed by atoms with Gasteiger partial charge in [-0.2, -0.15) is 0 Å². The Morgan fingerprint density at radius 1 is 1.27 bits per heavy atom. The zero-order valence-electron chi connectivity index (χ0n) is 12.4. The molecule has 0 aliphatic heterocycles. The van der Waals surface area contributed by atoms with Crippen LogP contribution in [0.25, 0.3) is 0 Å². The van der Waals surface area contributed by atoms with E-state index < -0.39 is 11.9 Å². The van der Waals surface area contributed by atoms with Gasteiger partial charge in [-0.1, -0.05) is 6.92 Å². The number of carbonyl (C=O) groups is 2. The van der Waals surface area contributed by atoms with Crippen LogP contribution < -0.4 is 10.1 Å². The number of methoxy groups -OCH3 is 1. The zero-order valence-corrected chi connectivity index (χ0v) is 12.4. The molecule has 0 bridgehead atoms. The second-order valence-corrected chi connectivity index (χ2v) is 4.68. The lowest BCUT2D eigenvalue weighted by molar-refractivity contribution is 0.0697. The fourth-order valence-electron chi connectivity index (χ4n) is 2.09. The van der Waals surface area contributed by atoms with Gasteiger partial charge in [0.15, 0.2) is 0 Å². The van der Waals surface area contributed by atoms with Crippen LogP contribution in [-0.2, 0) is 6.42 Å². The van der Waals surface area contributed by atoms with E-state index in [1.807, 2.05) is 6.92 Å². The van der Waals surface area contributed by atoms with Gasteiger partial charge in [0, 0.05) is 6.42 Å². The van der Waals surface area contributed by atoms with Crippen LogP contribution in [0.4, 0.5) is 5.69 Å². The normalized spacial score (nSPS) is 10.3. The molecule has 0 spiro atoms. The molecule has 6 nitrogen and oxygen atoms in total. The number of aryl methyl sites for hydroxylation is 1. The molecule has 0 saturated heterocycles. The summed E-state index contributed by atoms with van der Waals surface area (Å²) in [6.45, 7) is 1.98. The van der Waals surface area contributed by atoms with Crippen molar-refractivity contribution in [2.75, 3.05) is 12.4 Å². The molecular formula is C16H17NO5. The van der Waals surface area contributed by atoms with E-state index in [2.05, 4.69) is 5.32 Å². The molecular weight excluding hydrogens is 286 g/mol. The van der Waals surface area contributed by atoms with Crippen molar-refractivity contribution in [3.8, 4) is 5.75 Å². The lowest BCUT2D eigenvalue weighted by Crippen LogP contribution is -2.15. The van der Waals surface area contributed by atoms with Gasteiger partial charge in [0.2, 0.25) is 0 Å². The van der Waals surface area contributed by atoms with Gasteiger partial charge < -0.3 is 19.6 Å². The Balaban J connectivity index is 2.28. The third kappa shape index (κ3) is 3.28. The Morgan fingerprint density at radius 2 is 2.05 bits per heavy atom. The number of carboxylic acids is 1. The molecule has 0 radical (unpaired) electrons. The summed E-state index contributed by atoms with van der Waals surface area (Å²) in [4.78, 5) is 23.6. The smallest absolute Gasteiger partial charge is 0.337 e. The number of anilines is 1. The third-order valence-electron chi connectivity index (χ3n) is 3.17. The summed E-state index contributed by atoms with van der Waals surface area (Å²) in [7, 11) is 1.45. The molecule has 2 rings (SSSR count). The number of amides is 1. The van der Waals surface area contributed by atoms with E-state index in [1.54, 1.807) is 12.1 Å². The van der Waals surface area contributed by atoms with Crippen molar-refractivity contribution in [1.29, 1.82) is 0 Å². The molecule has 22 heavy (non-hydrogen) atoms. The van der Waals surface area contributed by atoms with Gasteiger partial charge in [0.05, 0.1) is 30.2 Å². The first-order chi connectivity index (χ1) is 10.6. The monoisotopic (exact) mass is 303 g/mol. The molecule has 1 aromatic heterocycles. The molecule has 2 aromatic rings. The first-order valence-corrected chi connectivity index (χ1v) is 6.85. The quantitative estimate of drug-likeness (QED) is 0.855. The number of hydrogen-bond donors (Lipinski definition) is 2. The number of benzene rings is 1. The van der Waals surface area contributed by atoms with Gasteiger partial charge in [0.1, 0.15) is 11.5 Å². The molecule has 0 aliphatic rings. The minimum Gasteiger partial charge on any atom is -0.497 e. The van der Waals surface area contributed by atoms with Gasteiger partial charge in [-0.15, -0.1) is 0 Å². The number of carboxylic acid groups (broad SMARTS) is 1. The molecule has 0 atom stereocenters. The molecule has 0 saturated carbocycles. The molecule has 116 valence electrons. The standard InChI is InChI=1S/C16H17NO5/c1-3-4-14-11(7-8-22-14)15(18)17-13-6-5-10(21-2)9-12(13)16(19)20/h5-9H,3-4H2,1-2H3,(H,17,18)(H,19,20). The summed E-state index contributed by atoms with van der Waals surface area (Å²) < 4.78 is 10.3. The Hall–Kier alpha value is -2.76. The molecule has 6 heteroatoms. The maximum absolute atomic E-state index is 12.3. The van der Waals surface area contributed by atoms with Crippen molar-refractivity contribution < 1.29 is 23.8 Å². The summed E-state index contributed by atoms with van der Waals surface area (Å²) in [5.74, 6) is -0.546. The summed E-state index contributed by atoms with van der Waals surface area (Å²) in [5, 5.41) is 11.9. The summed E-state index contributed by atoms with van der Waals surface area (Å²) >= 11 is 0. The Bertz CT molecular complexity index is 690. The fraction of sp³-hybridized carbons (Fsp3) is 0.250. The average molecular weight is 303 g/mol. The van der Waals surface area contributed by atoms with E-state index in [0.717, 1.165) is 6.42 Å². The predicted molar refractivity (Wildman–Crippen MR) is 80.6 cm³/mol. The van der Waals surface area contributed by atoms with Crippen LogP contribution in [0, 0.1) is 0 Å². The van der Waals surface area contributed by atoms with E-state index in [4.69, 9.17) is 9.15 Å². The highest BCUT2D eigenvalue weighted by atomic mass is 16.5. The maximum Gasteiger partial charge on any atom is 0.337 e. The highest BCUT2D eigenvalue weighted by Crippen LogP contribution is 2.23. The SMILES string of the molecule is CCCc1occc1C(=O)Nc1ccc(OC)cc1C(=O)O. The van der Waals surface area contributed by atoms with E-state index in [1.165, 1.54) is 25.5 Å². The van der Waals surface area contributed by atoms with Crippen molar-refractivity contribution in [1.82, 2.24) is 0 Å². The lowest BCUT2D eigenvalue weighted by Gasteiger charge is -2.10. The summed E-state index contributed by atoms with van der Waals surface area (Å²) in [6, 6.07) is 6.02. The van der Waals surface area contributed by atoms with Crippen molar-refractivity contribution in [3.05, 3.63) is 47.4 Å². The molecule has 1 amide bonds. The molecule has 0 aliphatic carbocycles. The first kappa shape index (κ1) is 15.6. The summed E-state index contributed by atoms with van der Waals surface area (Å²) in [6.07, 6.45) is 2.94. The second-order valence-electron chi connectivity index (χ2n) is 4.68. The highest BCUT2D eigenvalue weighted by Gasteiger charge is 2.18. The topological polar surface area (TPSA) is 88.8 Å². The highest BCUT2D eigenvalue weighted by molar-refractivity contribution is 6.08. The minimum atomic E-state index is -1.14. The van der Waals surface area contributed by atoms with Gasteiger partial charge in [-0.3, -0.25) is 4.79 Å². The van der Waals surface area contributed by atoms with Crippen LogP contribution in [0.15, 0.2) is 34.9 Å². The number of carbonyl (C=O) groups excluding carboxylic acids is 1. The molecule has 1 aromatic carbocycles. The van der Waals surface area contributed by atoms with Gasteiger partial charge in [-0.25, -0.2) is 4.79 Å². The van der Waals surface area contributed by atoms with Crippen LogP contribution in [0.5, 0.6) is 5.75 Å².